The van der Waals surface area contributed by atoms with Gasteiger partial charge < -0.3 is 10.0 Å². The van der Waals surface area contributed by atoms with E-state index in [1.165, 1.54) is 0 Å². The van der Waals surface area contributed by atoms with Gasteiger partial charge in [0.25, 0.3) is 5.91 Å². The lowest BCUT2D eigenvalue weighted by Gasteiger charge is -2.33. The minimum Gasteiger partial charge on any atom is -0.390 e. The van der Waals surface area contributed by atoms with Crippen molar-refractivity contribution in [3.63, 3.8) is 0 Å². The Hall–Kier alpha value is -1.35. The summed E-state index contributed by atoms with van der Waals surface area (Å²) in [5.74, 6) is -0.0782. The summed E-state index contributed by atoms with van der Waals surface area (Å²) in [5, 5.41) is 10.3. The summed E-state index contributed by atoms with van der Waals surface area (Å²) in [7, 11) is 0. The van der Waals surface area contributed by atoms with Gasteiger partial charge in [-0.05, 0) is 53.2 Å². The summed E-state index contributed by atoms with van der Waals surface area (Å²) in [6.45, 7) is 13.6. The number of hydrogen-bond donors (Lipinski definition) is 1. The summed E-state index contributed by atoms with van der Waals surface area (Å²) in [4.78, 5) is 14.8. The predicted octanol–water partition coefficient (Wildman–Crippen LogP) is 3.82. The molecule has 0 aliphatic carbocycles. The smallest absolute Gasteiger partial charge is 0.254 e. The monoisotopic (exact) mass is 291 g/mol. The maximum atomic E-state index is 12.9. The normalized spacial score (nSPS) is 13.6. The topological polar surface area (TPSA) is 40.5 Å². The molecule has 1 rings (SSSR count). The van der Waals surface area contributed by atoms with E-state index in [1.54, 1.807) is 13.8 Å². The summed E-state index contributed by atoms with van der Waals surface area (Å²) in [6, 6.07) is 7.88. The van der Waals surface area contributed by atoms with Gasteiger partial charge in [0.1, 0.15) is 0 Å². The molecule has 0 radical (unpaired) electrons. The third-order valence-corrected chi connectivity index (χ3v) is 4.06. The predicted molar refractivity (Wildman–Crippen MR) is 87.6 cm³/mol. The SMILES string of the molecule is CC(C)N(C(=O)c1ccccc1[C@H](C)C(C)(C)O)C(C)C. The van der Waals surface area contributed by atoms with Crippen LogP contribution in [0.3, 0.4) is 0 Å². The standard InChI is InChI=1S/C18H29NO2/c1-12(2)19(13(3)4)17(20)16-11-9-8-10-15(16)14(5)18(6,7)21/h8-14,21H,1-7H3/t14-/m0/s1. The van der Waals surface area contributed by atoms with Crippen LogP contribution in [0.1, 0.15) is 70.3 Å². The Morgan fingerprint density at radius 3 is 1.95 bits per heavy atom. The Bertz CT molecular complexity index is 478. The van der Waals surface area contributed by atoms with Crippen molar-refractivity contribution in [1.82, 2.24) is 4.90 Å². The molecule has 0 bridgehead atoms. The Labute approximate surface area is 129 Å². The van der Waals surface area contributed by atoms with E-state index < -0.39 is 5.60 Å². The molecule has 1 aromatic rings. The molecule has 0 fully saturated rings. The number of carbonyl (C=O) groups excluding carboxylic acids is 1. The van der Waals surface area contributed by atoms with Gasteiger partial charge in [0.2, 0.25) is 0 Å². The van der Waals surface area contributed by atoms with Gasteiger partial charge in [0.15, 0.2) is 0 Å². The van der Waals surface area contributed by atoms with E-state index in [2.05, 4.69) is 0 Å². The first-order valence-electron chi connectivity index (χ1n) is 7.71. The summed E-state index contributed by atoms with van der Waals surface area (Å²) in [5.41, 5.74) is 0.729. The molecule has 21 heavy (non-hydrogen) atoms. The van der Waals surface area contributed by atoms with Crippen molar-refractivity contribution in [3.05, 3.63) is 35.4 Å². The fraction of sp³-hybridized carbons (Fsp3) is 0.611. The molecule has 3 heteroatoms. The van der Waals surface area contributed by atoms with Gasteiger partial charge in [0.05, 0.1) is 5.60 Å². The molecule has 1 amide bonds. The van der Waals surface area contributed by atoms with Crippen LogP contribution in [0.2, 0.25) is 0 Å². The second-order valence-electron chi connectivity index (χ2n) is 6.86. The molecule has 1 aromatic carbocycles. The van der Waals surface area contributed by atoms with E-state index in [0.29, 0.717) is 5.56 Å². The van der Waals surface area contributed by atoms with Crippen LogP contribution in [0.4, 0.5) is 0 Å². The molecule has 118 valence electrons. The first-order valence-corrected chi connectivity index (χ1v) is 7.71. The molecule has 3 nitrogen and oxygen atoms in total. The van der Waals surface area contributed by atoms with Crippen molar-refractivity contribution < 1.29 is 9.90 Å². The first kappa shape index (κ1) is 17.7. The highest BCUT2D eigenvalue weighted by Crippen LogP contribution is 2.30. The van der Waals surface area contributed by atoms with Crippen LogP contribution in [0, 0.1) is 0 Å². The molecule has 1 N–H and O–H groups in total. The van der Waals surface area contributed by atoms with Crippen molar-refractivity contribution in [2.24, 2.45) is 0 Å². The van der Waals surface area contributed by atoms with Gasteiger partial charge in [-0.2, -0.15) is 0 Å². The van der Waals surface area contributed by atoms with Crippen LogP contribution in [0.15, 0.2) is 24.3 Å². The number of amides is 1. The van der Waals surface area contributed by atoms with Crippen LogP contribution >= 0.6 is 0 Å². The van der Waals surface area contributed by atoms with Gasteiger partial charge in [-0.15, -0.1) is 0 Å². The minimum atomic E-state index is -0.864. The molecular formula is C18H29NO2. The number of benzene rings is 1. The van der Waals surface area contributed by atoms with Crippen LogP contribution in [-0.2, 0) is 0 Å². The molecule has 0 heterocycles. The highest BCUT2D eigenvalue weighted by atomic mass is 16.3. The largest absolute Gasteiger partial charge is 0.390 e. The first-order chi connectivity index (χ1) is 9.57. The molecule has 0 aliphatic heterocycles. The van der Waals surface area contributed by atoms with E-state index in [1.807, 2.05) is 63.8 Å². The lowest BCUT2D eigenvalue weighted by Crippen LogP contribution is -2.42. The Morgan fingerprint density at radius 1 is 1.05 bits per heavy atom. The highest BCUT2D eigenvalue weighted by Gasteiger charge is 2.30. The van der Waals surface area contributed by atoms with E-state index in [4.69, 9.17) is 0 Å². The highest BCUT2D eigenvalue weighted by molar-refractivity contribution is 5.96. The van der Waals surface area contributed by atoms with Crippen molar-refractivity contribution >= 4 is 5.91 Å². The van der Waals surface area contributed by atoms with Gasteiger partial charge in [0, 0.05) is 23.6 Å². The van der Waals surface area contributed by atoms with Crippen LogP contribution in [0.5, 0.6) is 0 Å². The number of carbonyl (C=O) groups is 1. The molecule has 0 saturated heterocycles. The van der Waals surface area contributed by atoms with Gasteiger partial charge in [-0.1, -0.05) is 25.1 Å². The molecule has 0 aliphatic rings. The number of rotatable bonds is 5. The van der Waals surface area contributed by atoms with Crippen molar-refractivity contribution in [1.29, 1.82) is 0 Å². The average molecular weight is 291 g/mol. The van der Waals surface area contributed by atoms with Crippen molar-refractivity contribution in [3.8, 4) is 0 Å². The summed E-state index contributed by atoms with van der Waals surface area (Å²) in [6.07, 6.45) is 0. The van der Waals surface area contributed by atoms with Gasteiger partial charge in [-0.3, -0.25) is 4.79 Å². The Kier molecular flexibility index (Phi) is 5.57. The van der Waals surface area contributed by atoms with Crippen LogP contribution in [-0.4, -0.2) is 33.6 Å². The molecule has 0 spiro atoms. The zero-order valence-electron chi connectivity index (χ0n) is 14.3. The van der Waals surface area contributed by atoms with Crippen molar-refractivity contribution in [2.75, 3.05) is 0 Å². The van der Waals surface area contributed by atoms with E-state index in [-0.39, 0.29) is 23.9 Å². The zero-order valence-corrected chi connectivity index (χ0v) is 14.3. The van der Waals surface area contributed by atoms with Crippen molar-refractivity contribution in [2.45, 2.75) is 72.1 Å². The summed E-state index contributed by atoms with van der Waals surface area (Å²) >= 11 is 0. The lowest BCUT2D eigenvalue weighted by atomic mass is 9.83. The number of nitrogens with zero attached hydrogens (tertiary/aromatic N) is 1. The van der Waals surface area contributed by atoms with E-state index >= 15 is 0 Å². The van der Waals surface area contributed by atoms with Gasteiger partial charge in [-0.25, -0.2) is 0 Å². The third-order valence-electron chi connectivity index (χ3n) is 4.06. The maximum Gasteiger partial charge on any atom is 0.254 e. The zero-order chi connectivity index (χ0) is 16.4. The molecule has 0 saturated carbocycles. The second kappa shape index (κ2) is 6.61. The quantitative estimate of drug-likeness (QED) is 0.896. The van der Waals surface area contributed by atoms with Crippen LogP contribution < -0.4 is 0 Å². The molecule has 1 atom stereocenters. The number of aliphatic hydroxyl groups is 1. The van der Waals surface area contributed by atoms with E-state index in [9.17, 15) is 9.90 Å². The third kappa shape index (κ3) is 4.07. The lowest BCUT2D eigenvalue weighted by molar-refractivity contribution is 0.0540. The molecular weight excluding hydrogens is 262 g/mol. The second-order valence-corrected chi connectivity index (χ2v) is 6.86. The Balaban J connectivity index is 3.28. The fourth-order valence-corrected chi connectivity index (χ4v) is 2.65. The fourth-order valence-electron chi connectivity index (χ4n) is 2.65. The Morgan fingerprint density at radius 2 is 1.52 bits per heavy atom. The van der Waals surface area contributed by atoms with Crippen LogP contribution in [0.25, 0.3) is 0 Å². The molecule has 0 aromatic heterocycles. The van der Waals surface area contributed by atoms with E-state index in [0.717, 1.165) is 5.56 Å². The molecule has 0 unspecified atom stereocenters. The minimum absolute atomic E-state index is 0.0340. The van der Waals surface area contributed by atoms with Gasteiger partial charge >= 0.3 is 0 Å². The summed E-state index contributed by atoms with van der Waals surface area (Å²) < 4.78 is 0. The average Bonchev–Trinajstić information content (AvgIpc) is 2.35. The maximum absolute atomic E-state index is 12.9. The number of hydrogen-bond acceptors (Lipinski definition) is 2.